The lowest BCUT2D eigenvalue weighted by Crippen LogP contribution is -2.45. The molecule has 0 aromatic heterocycles. The molecule has 3 aromatic carbocycles. The van der Waals surface area contributed by atoms with Gasteiger partial charge in [0.1, 0.15) is 12.3 Å². The summed E-state index contributed by atoms with van der Waals surface area (Å²) in [5.74, 6) is 0. The van der Waals surface area contributed by atoms with Gasteiger partial charge < -0.3 is 19.6 Å². The summed E-state index contributed by atoms with van der Waals surface area (Å²) in [6, 6.07) is 15.7. The number of rotatable bonds is 2. The lowest BCUT2D eigenvalue weighted by molar-refractivity contribution is 0.804. The van der Waals surface area contributed by atoms with E-state index in [1.54, 1.807) is 12.2 Å². The summed E-state index contributed by atoms with van der Waals surface area (Å²) in [6.07, 6.45) is 2.56. The zero-order valence-corrected chi connectivity index (χ0v) is 18.4. The molecule has 0 unspecified atom stereocenters. The quantitative estimate of drug-likeness (QED) is 0.534. The highest BCUT2D eigenvalue weighted by Crippen LogP contribution is 2.38. The number of fused-ring (bicyclic) bond motifs is 2. The molecule has 5 rings (SSSR count). The third-order valence-corrected chi connectivity index (χ3v) is 6.69. The Morgan fingerprint density at radius 1 is 0.531 bits per heavy atom. The van der Waals surface area contributed by atoms with Gasteiger partial charge in [0.15, 0.2) is 0 Å². The molecule has 7 heteroatoms. The summed E-state index contributed by atoms with van der Waals surface area (Å²) in [7, 11) is 7.64. The van der Waals surface area contributed by atoms with Crippen molar-refractivity contribution in [3.63, 3.8) is 0 Å². The summed E-state index contributed by atoms with van der Waals surface area (Å²) in [4.78, 5) is 46.8. The van der Waals surface area contributed by atoms with Gasteiger partial charge in [0.05, 0.1) is 33.2 Å². The van der Waals surface area contributed by atoms with Crippen molar-refractivity contribution in [1.29, 1.82) is 0 Å². The topological polar surface area (TPSA) is 64.2 Å². The number of para-hydroxylation sites is 4. The minimum atomic E-state index is -0.736. The van der Waals surface area contributed by atoms with Crippen LogP contribution in [0.2, 0.25) is 0 Å². The highest BCUT2D eigenvalue weighted by atomic mass is 16.2. The maximum Gasteiger partial charge on any atom is 0.237 e. The first-order valence-electron chi connectivity index (χ1n) is 10.5. The van der Waals surface area contributed by atoms with Crippen LogP contribution in [0.15, 0.2) is 62.9 Å². The van der Waals surface area contributed by atoms with Crippen molar-refractivity contribution in [2.45, 2.75) is 12.3 Å². The number of benzene rings is 2. The van der Waals surface area contributed by atoms with E-state index in [-0.39, 0.29) is 22.8 Å². The maximum atomic E-state index is 13.2. The molecule has 0 amide bonds. The third-order valence-electron chi connectivity index (χ3n) is 6.69. The summed E-state index contributed by atoms with van der Waals surface area (Å²) in [5.41, 5.74) is 2.04. The average Bonchev–Trinajstić information content (AvgIpc) is 3.28. The Hall–Kier alpha value is -3.87. The molecule has 2 aliphatic rings. The molecular weight excluding hydrogens is 404 g/mol. The van der Waals surface area contributed by atoms with Crippen molar-refractivity contribution in [1.82, 2.24) is 0 Å². The van der Waals surface area contributed by atoms with E-state index in [0.29, 0.717) is 0 Å². The van der Waals surface area contributed by atoms with E-state index in [1.807, 2.05) is 96.3 Å². The number of hydrogen-bond donors (Lipinski definition) is 0. The Morgan fingerprint density at radius 2 is 0.812 bits per heavy atom. The van der Waals surface area contributed by atoms with Crippen LogP contribution in [0.4, 0.5) is 22.7 Å². The second-order valence-electron chi connectivity index (χ2n) is 8.40. The molecule has 2 heterocycles. The summed E-state index contributed by atoms with van der Waals surface area (Å²) < 4.78 is 0. The molecule has 2 aliphatic heterocycles. The SMILES string of the molecule is CN1c2ccccc2N(C)C1C=c1c(=O)c(=O)/c(=C\C2N(C)c3ccccc3N2C)c1=O. The normalized spacial score (nSPS) is 17.6. The monoisotopic (exact) mass is 428 g/mol. The Morgan fingerprint density at radius 3 is 1.09 bits per heavy atom. The van der Waals surface area contributed by atoms with Crippen molar-refractivity contribution < 1.29 is 0 Å². The van der Waals surface area contributed by atoms with Gasteiger partial charge >= 0.3 is 0 Å². The third kappa shape index (κ3) is 2.70. The van der Waals surface area contributed by atoms with Crippen LogP contribution in [-0.2, 0) is 0 Å². The molecule has 0 saturated heterocycles. The Kier molecular flexibility index (Phi) is 4.44. The molecule has 162 valence electrons. The first-order chi connectivity index (χ1) is 15.3. The maximum absolute atomic E-state index is 13.2. The molecule has 0 saturated carbocycles. The number of nitrogens with zero attached hydrogens (tertiary/aromatic N) is 4. The van der Waals surface area contributed by atoms with Crippen LogP contribution >= 0.6 is 0 Å². The molecule has 0 bridgehead atoms. The largest absolute Gasteiger partial charge is 0.349 e. The van der Waals surface area contributed by atoms with Gasteiger partial charge in [-0.1, -0.05) is 24.3 Å². The fourth-order valence-electron chi connectivity index (χ4n) is 4.86. The standard InChI is InChI=1S/C25H24N4O3/c1-26-17-9-5-6-10-18(17)27(2)21(26)13-15-23(30)16(25(32)24(15)31)14-22-28(3)19-11-7-8-12-20(19)29(22)4/h5-14,21-22H,1-4H3/b15-13-,16-14?. The average molecular weight is 428 g/mol. The van der Waals surface area contributed by atoms with Gasteiger partial charge in [-0.25, -0.2) is 0 Å². The van der Waals surface area contributed by atoms with Gasteiger partial charge in [-0.15, -0.1) is 0 Å². The molecule has 7 nitrogen and oxygen atoms in total. The molecule has 0 atom stereocenters. The fourth-order valence-corrected chi connectivity index (χ4v) is 4.86. The predicted molar refractivity (Wildman–Crippen MR) is 130 cm³/mol. The first kappa shape index (κ1) is 20.1. The lowest BCUT2D eigenvalue weighted by Gasteiger charge is -2.24. The molecular formula is C25H24N4O3. The van der Waals surface area contributed by atoms with Gasteiger partial charge in [0.2, 0.25) is 16.3 Å². The predicted octanol–water partition coefficient (Wildman–Crippen LogP) is 0.0284. The second-order valence-corrected chi connectivity index (χ2v) is 8.40. The zero-order valence-electron chi connectivity index (χ0n) is 18.4. The summed E-state index contributed by atoms with van der Waals surface area (Å²) in [5, 5.41) is -0.114. The van der Waals surface area contributed by atoms with E-state index in [1.165, 1.54) is 0 Å². The van der Waals surface area contributed by atoms with Crippen molar-refractivity contribution in [3.8, 4) is 0 Å². The van der Waals surface area contributed by atoms with Crippen LogP contribution in [0.25, 0.3) is 12.2 Å². The Labute approximate surface area is 185 Å². The van der Waals surface area contributed by atoms with Crippen LogP contribution in [0, 0.1) is 0 Å². The summed E-state index contributed by atoms with van der Waals surface area (Å²) in [6.45, 7) is 0. The van der Waals surface area contributed by atoms with E-state index >= 15 is 0 Å². The van der Waals surface area contributed by atoms with Crippen molar-refractivity contribution >= 4 is 34.9 Å². The van der Waals surface area contributed by atoms with Crippen LogP contribution in [-0.4, -0.2) is 40.5 Å². The van der Waals surface area contributed by atoms with E-state index in [2.05, 4.69) is 0 Å². The molecule has 3 aromatic rings. The minimum absolute atomic E-state index is 0.0569. The molecule has 0 spiro atoms. The minimum Gasteiger partial charge on any atom is -0.349 e. The second kappa shape index (κ2) is 7.09. The first-order valence-corrected chi connectivity index (χ1v) is 10.5. The van der Waals surface area contributed by atoms with E-state index in [0.717, 1.165) is 22.7 Å². The van der Waals surface area contributed by atoms with E-state index in [9.17, 15) is 14.4 Å². The van der Waals surface area contributed by atoms with Crippen molar-refractivity contribution in [2.24, 2.45) is 0 Å². The molecule has 0 fully saturated rings. The van der Waals surface area contributed by atoms with Crippen LogP contribution < -0.4 is 46.3 Å². The molecule has 0 aliphatic carbocycles. The fraction of sp³-hybridized carbons (Fsp3) is 0.240. The van der Waals surface area contributed by atoms with Gasteiger partial charge in [0.25, 0.3) is 0 Å². The highest BCUT2D eigenvalue weighted by Gasteiger charge is 2.31. The molecule has 32 heavy (non-hydrogen) atoms. The van der Waals surface area contributed by atoms with Crippen molar-refractivity contribution in [2.75, 3.05) is 47.8 Å². The summed E-state index contributed by atoms with van der Waals surface area (Å²) >= 11 is 0. The highest BCUT2D eigenvalue weighted by molar-refractivity contribution is 5.81. The molecule has 0 radical (unpaired) electrons. The van der Waals surface area contributed by atoms with Gasteiger partial charge in [0, 0.05) is 28.2 Å². The zero-order chi connectivity index (χ0) is 22.7. The van der Waals surface area contributed by atoms with Crippen LogP contribution in [0.1, 0.15) is 0 Å². The number of anilines is 4. The Bertz CT molecular complexity index is 1320. The number of hydrogen-bond acceptors (Lipinski definition) is 7. The van der Waals surface area contributed by atoms with E-state index < -0.39 is 16.3 Å². The Balaban J connectivity index is 1.62. The molecule has 0 N–H and O–H groups in total. The van der Waals surface area contributed by atoms with Gasteiger partial charge in [-0.2, -0.15) is 0 Å². The van der Waals surface area contributed by atoms with Gasteiger partial charge in [-0.05, 0) is 36.4 Å². The smallest absolute Gasteiger partial charge is 0.237 e. The van der Waals surface area contributed by atoms with E-state index in [4.69, 9.17) is 0 Å². The van der Waals surface area contributed by atoms with Crippen LogP contribution in [0.3, 0.4) is 0 Å². The van der Waals surface area contributed by atoms with Crippen LogP contribution in [0.5, 0.6) is 0 Å². The van der Waals surface area contributed by atoms with Gasteiger partial charge in [-0.3, -0.25) is 14.4 Å². The lowest BCUT2D eigenvalue weighted by atomic mass is 10.3. The van der Waals surface area contributed by atoms with Crippen molar-refractivity contribution in [3.05, 3.63) is 89.6 Å².